The molecule has 1 amide bonds. The van der Waals surface area contributed by atoms with E-state index >= 15 is 0 Å². The topological polar surface area (TPSA) is 48.0 Å². The molecule has 1 atom stereocenters. The maximum Gasteiger partial charge on any atom is 0.254 e. The van der Waals surface area contributed by atoms with Crippen molar-refractivity contribution in [1.29, 1.82) is 0 Å². The van der Waals surface area contributed by atoms with E-state index in [9.17, 15) is 9.18 Å². The molecule has 1 heterocycles. The fraction of sp³-hybridized carbons (Fsp3) is 0.207. The van der Waals surface area contributed by atoms with Crippen LogP contribution in [-0.2, 0) is 6.42 Å². The normalized spacial score (nSPS) is 14.9. The van der Waals surface area contributed by atoms with Crippen LogP contribution in [0.5, 0.6) is 17.2 Å². The third-order valence-corrected chi connectivity index (χ3v) is 6.48. The van der Waals surface area contributed by atoms with Crippen LogP contribution in [0.4, 0.5) is 4.39 Å². The Labute approximate surface area is 203 Å². The molecule has 5 nitrogen and oxygen atoms in total. The van der Waals surface area contributed by atoms with Gasteiger partial charge in [0.15, 0.2) is 11.5 Å². The second-order valence-electron chi connectivity index (χ2n) is 8.50. The van der Waals surface area contributed by atoms with E-state index in [2.05, 4.69) is 0 Å². The summed E-state index contributed by atoms with van der Waals surface area (Å²) in [5.74, 6) is 1.39. The summed E-state index contributed by atoms with van der Waals surface area (Å²) in [6.45, 7) is 0.749. The monoisotopic (exact) mass is 471 g/mol. The summed E-state index contributed by atoms with van der Waals surface area (Å²) < 4.78 is 30.4. The zero-order valence-corrected chi connectivity index (χ0v) is 19.7. The Bertz CT molecular complexity index is 1370. The number of hydrogen-bond donors (Lipinski definition) is 0. The van der Waals surface area contributed by atoms with Gasteiger partial charge in [-0.2, -0.15) is 0 Å². The lowest BCUT2D eigenvalue weighted by Crippen LogP contribution is -2.42. The van der Waals surface area contributed by atoms with Crippen molar-refractivity contribution in [3.05, 3.63) is 101 Å². The molecule has 0 aromatic heterocycles. The minimum absolute atomic E-state index is 0.0658. The lowest BCUT2D eigenvalue weighted by molar-refractivity contribution is 0.0589. The second kappa shape index (κ2) is 9.66. The highest BCUT2D eigenvalue weighted by Crippen LogP contribution is 2.39. The Morgan fingerprint density at radius 1 is 0.914 bits per heavy atom. The van der Waals surface area contributed by atoms with E-state index in [4.69, 9.17) is 14.2 Å². The lowest BCUT2D eigenvalue weighted by atomic mass is 9.91. The summed E-state index contributed by atoms with van der Waals surface area (Å²) in [4.78, 5) is 15.6. The van der Waals surface area contributed by atoms with Crippen LogP contribution < -0.4 is 14.2 Å². The molecule has 0 unspecified atom stereocenters. The summed E-state index contributed by atoms with van der Waals surface area (Å²) >= 11 is 0. The third-order valence-electron chi connectivity index (χ3n) is 6.48. The van der Waals surface area contributed by atoms with Crippen molar-refractivity contribution in [2.75, 3.05) is 27.4 Å². The molecule has 0 fully saturated rings. The predicted molar refractivity (Wildman–Crippen MR) is 133 cm³/mol. The van der Waals surface area contributed by atoms with Crippen molar-refractivity contribution in [3.8, 4) is 17.2 Å². The fourth-order valence-corrected chi connectivity index (χ4v) is 4.65. The van der Waals surface area contributed by atoms with Crippen LogP contribution in [-0.4, -0.2) is 38.2 Å². The Kier molecular flexibility index (Phi) is 6.27. The first-order valence-corrected chi connectivity index (χ1v) is 11.5. The molecule has 4 aromatic carbocycles. The Hall–Kier alpha value is -4.06. The minimum Gasteiger partial charge on any atom is -0.493 e. The van der Waals surface area contributed by atoms with E-state index in [0.29, 0.717) is 35.8 Å². The molecule has 0 saturated heterocycles. The molecular formula is C29H26FNO4. The molecule has 35 heavy (non-hydrogen) atoms. The summed E-state index contributed by atoms with van der Waals surface area (Å²) in [6.07, 6.45) is 0.683. The standard InChI is InChI=1S/C29H26FNO4/c1-33-27-16-21-13-14-31(29(32)22-8-7-19-5-3-4-6-20(19)15-22)26(25(21)17-28(27)34-2)18-35-24-11-9-23(30)10-12-24/h3-12,15-17,26H,13-14,18H2,1-2H3/t26-/m1/s1. The van der Waals surface area contributed by atoms with Crippen molar-refractivity contribution in [3.63, 3.8) is 0 Å². The quantitative estimate of drug-likeness (QED) is 0.356. The van der Waals surface area contributed by atoms with Gasteiger partial charge in [0.25, 0.3) is 5.91 Å². The number of rotatable bonds is 6. The van der Waals surface area contributed by atoms with Gasteiger partial charge in [-0.25, -0.2) is 4.39 Å². The number of carbonyl (C=O) groups is 1. The van der Waals surface area contributed by atoms with Gasteiger partial charge >= 0.3 is 0 Å². The first-order valence-electron chi connectivity index (χ1n) is 11.5. The largest absolute Gasteiger partial charge is 0.493 e. The minimum atomic E-state index is -0.359. The highest BCUT2D eigenvalue weighted by Gasteiger charge is 2.33. The van der Waals surface area contributed by atoms with E-state index in [1.54, 1.807) is 26.4 Å². The van der Waals surface area contributed by atoms with E-state index in [1.807, 2.05) is 59.5 Å². The van der Waals surface area contributed by atoms with Crippen LogP contribution in [0.15, 0.2) is 78.9 Å². The number of amides is 1. The zero-order valence-electron chi connectivity index (χ0n) is 19.7. The molecule has 0 bridgehead atoms. The van der Waals surface area contributed by atoms with Crippen LogP contribution in [0.2, 0.25) is 0 Å². The van der Waals surface area contributed by atoms with Gasteiger partial charge in [0, 0.05) is 12.1 Å². The Morgan fingerprint density at radius 3 is 2.37 bits per heavy atom. The van der Waals surface area contributed by atoms with Crippen LogP contribution in [0.1, 0.15) is 27.5 Å². The number of fused-ring (bicyclic) bond motifs is 2. The van der Waals surface area contributed by atoms with Crippen molar-refractivity contribution >= 4 is 16.7 Å². The number of methoxy groups -OCH3 is 2. The van der Waals surface area contributed by atoms with Crippen LogP contribution in [0, 0.1) is 5.82 Å². The summed E-state index contributed by atoms with van der Waals surface area (Å²) in [6, 6.07) is 23.2. The first-order chi connectivity index (χ1) is 17.1. The average molecular weight is 472 g/mol. The fourth-order valence-electron chi connectivity index (χ4n) is 4.65. The molecule has 0 radical (unpaired) electrons. The van der Waals surface area contributed by atoms with Crippen LogP contribution in [0.3, 0.4) is 0 Å². The molecular weight excluding hydrogens is 445 g/mol. The average Bonchev–Trinajstić information content (AvgIpc) is 2.91. The molecule has 1 aliphatic heterocycles. The predicted octanol–water partition coefficient (Wildman–Crippen LogP) is 5.81. The van der Waals surface area contributed by atoms with Gasteiger partial charge < -0.3 is 19.1 Å². The van der Waals surface area contributed by atoms with Gasteiger partial charge in [-0.3, -0.25) is 4.79 Å². The summed E-state index contributed by atoms with van der Waals surface area (Å²) in [5, 5.41) is 2.10. The van der Waals surface area contributed by atoms with Gasteiger partial charge in [0.1, 0.15) is 18.2 Å². The molecule has 6 heteroatoms. The molecule has 4 aromatic rings. The van der Waals surface area contributed by atoms with E-state index < -0.39 is 0 Å². The molecule has 5 rings (SSSR count). The number of ether oxygens (including phenoxy) is 3. The molecule has 1 aliphatic rings. The van der Waals surface area contributed by atoms with Crippen molar-refractivity contribution in [2.45, 2.75) is 12.5 Å². The number of halogens is 1. The van der Waals surface area contributed by atoms with Crippen LogP contribution >= 0.6 is 0 Å². The zero-order chi connectivity index (χ0) is 24.4. The Balaban J connectivity index is 1.51. The maximum atomic E-state index is 13.8. The van der Waals surface area contributed by atoms with Crippen molar-refractivity contribution in [1.82, 2.24) is 4.90 Å². The van der Waals surface area contributed by atoms with E-state index in [0.717, 1.165) is 21.9 Å². The number of carbonyl (C=O) groups excluding carboxylic acids is 1. The van der Waals surface area contributed by atoms with E-state index in [1.165, 1.54) is 12.1 Å². The van der Waals surface area contributed by atoms with Gasteiger partial charge in [-0.05, 0) is 76.9 Å². The first kappa shape index (κ1) is 22.7. The van der Waals surface area contributed by atoms with Gasteiger partial charge in [0.2, 0.25) is 0 Å². The molecule has 178 valence electrons. The highest BCUT2D eigenvalue weighted by atomic mass is 19.1. The van der Waals surface area contributed by atoms with Crippen molar-refractivity contribution < 1.29 is 23.4 Å². The maximum absolute atomic E-state index is 13.8. The van der Waals surface area contributed by atoms with Gasteiger partial charge in [-0.1, -0.05) is 30.3 Å². The highest BCUT2D eigenvalue weighted by molar-refractivity contribution is 5.99. The molecule has 0 spiro atoms. The van der Waals surface area contributed by atoms with E-state index in [-0.39, 0.29) is 24.4 Å². The molecule has 0 aliphatic carbocycles. The van der Waals surface area contributed by atoms with Gasteiger partial charge in [-0.15, -0.1) is 0 Å². The summed E-state index contributed by atoms with van der Waals surface area (Å²) in [5.41, 5.74) is 2.66. The SMILES string of the molecule is COc1cc2c(cc1OC)[C@@H](COc1ccc(F)cc1)N(C(=O)c1ccc3ccccc3c1)CC2. The lowest BCUT2D eigenvalue weighted by Gasteiger charge is -2.37. The van der Waals surface area contributed by atoms with Crippen LogP contribution in [0.25, 0.3) is 10.8 Å². The molecule has 0 N–H and O–H groups in total. The molecule has 0 saturated carbocycles. The summed E-state index contributed by atoms with van der Waals surface area (Å²) in [7, 11) is 3.20. The Morgan fingerprint density at radius 2 is 1.63 bits per heavy atom. The van der Waals surface area contributed by atoms with Gasteiger partial charge in [0.05, 0.1) is 20.3 Å². The number of hydrogen-bond acceptors (Lipinski definition) is 4. The number of nitrogens with zero attached hydrogens (tertiary/aromatic N) is 1. The van der Waals surface area contributed by atoms with Crippen molar-refractivity contribution in [2.24, 2.45) is 0 Å². The number of benzene rings is 4. The second-order valence-corrected chi connectivity index (χ2v) is 8.50. The third kappa shape index (κ3) is 4.52. The smallest absolute Gasteiger partial charge is 0.254 e.